The minimum atomic E-state index is -0.161. The highest BCUT2D eigenvalue weighted by atomic mass is 32.2. The van der Waals surface area contributed by atoms with Crippen LogP contribution in [0.4, 0.5) is 5.69 Å². The Bertz CT molecular complexity index is 1250. The highest BCUT2D eigenvalue weighted by molar-refractivity contribution is 7.99. The first-order valence-electron chi connectivity index (χ1n) is 10.2. The quantitative estimate of drug-likeness (QED) is 0.393. The Labute approximate surface area is 190 Å². The van der Waals surface area contributed by atoms with Crippen molar-refractivity contribution in [2.45, 2.75) is 32.1 Å². The van der Waals surface area contributed by atoms with Gasteiger partial charge in [0.1, 0.15) is 12.3 Å². The van der Waals surface area contributed by atoms with E-state index in [-0.39, 0.29) is 24.1 Å². The lowest BCUT2D eigenvalue weighted by Gasteiger charge is -2.10. The molecule has 0 aliphatic carbocycles. The molecule has 7 nitrogen and oxygen atoms in total. The first-order chi connectivity index (χ1) is 15.5. The van der Waals surface area contributed by atoms with Crippen LogP contribution in [-0.4, -0.2) is 27.1 Å². The second-order valence-electron chi connectivity index (χ2n) is 7.46. The van der Waals surface area contributed by atoms with Crippen LogP contribution in [0.15, 0.2) is 70.4 Å². The van der Waals surface area contributed by atoms with Crippen LogP contribution >= 0.6 is 11.8 Å². The zero-order valence-electron chi connectivity index (χ0n) is 17.9. The first kappa shape index (κ1) is 21.7. The summed E-state index contributed by atoms with van der Waals surface area (Å²) in [7, 11) is 0. The van der Waals surface area contributed by atoms with Crippen molar-refractivity contribution in [1.82, 2.24) is 14.9 Å². The molecule has 0 atom stereocenters. The van der Waals surface area contributed by atoms with Gasteiger partial charge in [0.25, 0.3) is 0 Å². The van der Waals surface area contributed by atoms with E-state index < -0.39 is 0 Å². The smallest absolute Gasteiger partial charge is 0.240 e. The molecule has 2 N–H and O–H groups in total. The number of imidazole rings is 1. The van der Waals surface area contributed by atoms with Crippen molar-refractivity contribution in [3.05, 3.63) is 77.7 Å². The number of aryl methyl sites for hydroxylation is 2. The number of nitrogens with zero attached hydrogens (tertiary/aromatic N) is 2. The fraction of sp³-hybridized carbons (Fsp3) is 0.208. The predicted molar refractivity (Wildman–Crippen MR) is 126 cm³/mol. The first-order valence-corrected chi connectivity index (χ1v) is 11.2. The van der Waals surface area contributed by atoms with E-state index in [9.17, 15) is 9.59 Å². The Morgan fingerprint density at radius 3 is 2.66 bits per heavy atom. The zero-order valence-corrected chi connectivity index (χ0v) is 18.7. The second-order valence-corrected chi connectivity index (χ2v) is 8.40. The normalized spacial score (nSPS) is 10.9. The molecule has 2 aromatic carbocycles. The Morgan fingerprint density at radius 2 is 1.88 bits per heavy atom. The van der Waals surface area contributed by atoms with Crippen molar-refractivity contribution in [2.75, 3.05) is 11.1 Å². The van der Waals surface area contributed by atoms with E-state index in [0.717, 1.165) is 22.3 Å². The molecule has 0 unspecified atom stereocenters. The summed E-state index contributed by atoms with van der Waals surface area (Å²) in [4.78, 5) is 29.7. The van der Waals surface area contributed by atoms with Crippen LogP contribution in [-0.2, 0) is 22.7 Å². The van der Waals surface area contributed by atoms with Crippen molar-refractivity contribution in [1.29, 1.82) is 0 Å². The molecule has 0 fully saturated rings. The highest BCUT2D eigenvalue weighted by Gasteiger charge is 2.16. The molecule has 0 radical (unpaired) electrons. The summed E-state index contributed by atoms with van der Waals surface area (Å²) in [6, 6.07) is 17.0. The van der Waals surface area contributed by atoms with Gasteiger partial charge < -0.3 is 19.6 Å². The van der Waals surface area contributed by atoms with Gasteiger partial charge in [0.15, 0.2) is 5.16 Å². The van der Waals surface area contributed by atoms with Crippen molar-refractivity contribution in [3.8, 4) is 0 Å². The molecule has 2 amide bonds. The molecule has 0 saturated carbocycles. The topological polar surface area (TPSA) is 89.2 Å². The summed E-state index contributed by atoms with van der Waals surface area (Å²) in [5, 5.41) is 6.40. The van der Waals surface area contributed by atoms with Gasteiger partial charge >= 0.3 is 0 Å². The molecule has 0 spiro atoms. The van der Waals surface area contributed by atoms with Crippen LogP contribution in [0.2, 0.25) is 0 Å². The molecule has 0 bridgehead atoms. The minimum Gasteiger partial charge on any atom is -0.467 e. The van der Waals surface area contributed by atoms with E-state index in [4.69, 9.17) is 4.42 Å². The molecule has 0 aliphatic rings. The van der Waals surface area contributed by atoms with Crippen LogP contribution in [0.3, 0.4) is 0 Å². The number of fused-ring (bicyclic) bond motifs is 1. The standard InChI is InChI=1S/C24H24N4O3S/c1-16-9-10-18(12-17(16)2)26-23(30)15-32-24-27-20-7-3-4-8-21(20)28(24)14-22(29)25-13-19-6-5-11-31-19/h3-12H,13-15H2,1-2H3,(H,25,29)(H,26,30). The summed E-state index contributed by atoms with van der Waals surface area (Å²) >= 11 is 1.31. The third kappa shape index (κ3) is 5.20. The number of benzene rings is 2. The average Bonchev–Trinajstić information content (AvgIpc) is 3.42. The molecule has 32 heavy (non-hydrogen) atoms. The van der Waals surface area contributed by atoms with Crippen molar-refractivity contribution >= 4 is 40.3 Å². The van der Waals surface area contributed by atoms with Crippen molar-refractivity contribution < 1.29 is 14.0 Å². The molecule has 2 heterocycles. The minimum absolute atomic E-state index is 0.0995. The van der Waals surface area contributed by atoms with E-state index in [1.165, 1.54) is 17.3 Å². The monoisotopic (exact) mass is 448 g/mol. The van der Waals surface area contributed by atoms with Gasteiger partial charge in [-0.05, 0) is 61.4 Å². The largest absolute Gasteiger partial charge is 0.467 e. The third-order valence-corrected chi connectivity index (χ3v) is 6.06. The van der Waals surface area contributed by atoms with Gasteiger partial charge in [0.05, 0.1) is 29.6 Å². The van der Waals surface area contributed by atoms with Crippen LogP contribution in [0.25, 0.3) is 11.0 Å². The average molecular weight is 449 g/mol. The number of nitrogens with one attached hydrogen (secondary N) is 2. The lowest BCUT2D eigenvalue weighted by atomic mass is 10.1. The van der Waals surface area contributed by atoms with Crippen molar-refractivity contribution in [3.63, 3.8) is 0 Å². The van der Waals surface area contributed by atoms with Crippen LogP contribution in [0.5, 0.6) is 0 Å². The van der Waals surface area contributed by atoms with Gasteiger partial charge in [0.2, 0.25) is 11.8 Å². The van der Waals surface area contributed by atoms with Crippen LogP contribution in [0.1, 0.15) is 16.9 Å². The molecule has 0 saturated heterocycles. The van der Waals surface area contributed by atoms with E-state index >= 15 is 0 Å². The van der Waals surface area contributed by atoms with Gasteiger partial charge in [-0.15, -0.1) is 0 Å². The molecular formula is C24H24N4O3S. The maximum atomic E-state index is 12.6. The number of anilines is 1. The molecular weight excluding hydrogens is 424 g/mol. The van der Waals surface area contributed by atoms with Crippen LogP contribution < -0.4 is 10.6 Å². The van der Waals surface area contributed by atoms with Crippen LogP contribution in [0, 0.1) is 13.8 Å². The molecule has 0 aliphatic heterocycles. The number of furan rings is 1. The Morgan fingerprint density at radius 1 is 1.03 bits per heavy atom. The molecule has 8 heteroatoms. The van der Waals surface area contributed by atoms with Crippen molar-refractivity contribution in [2.24, 2.45) is 0 Å². The van der Waals surface area contributed by atoms with E-state index in [2.05, 4.69) is 15.6 Å². The summed E-state index contributed by atoms with van der Waals surface area (Å²) in [6.45, 7) is 4.47. The second kappa shape index (κ2) is 9.74. The fourth-order valence-electron chi connectivity index (χ4n) is 3.26. The number of carbonyl (C=O) groups is 2. The van der Waals surface area contributed by atoms with Gasteiger partial charge in [-0.3, -0.25) is 9.59 Å². The molecule has 2 aromatic heterocycles. The Balaban J connectivity index is 1.44. The van der Waals surface area contributed by atoms with Gasteiger partial charge in [-0.1, -0.05) is 30.0 Å². The number of aromatic nitrogens is 2. The van der Waals surface area contributed by atoms with Gasteiger partial charge in [-0.2, -0.15) is 0 Å². The third-order valence-electron chi connectivity index (χ3n) is 5.08. The van der Waals surface area contributed by atoms with E-state index in [1.54, 1.807) is 12.3 Å². The number of hydrogen-bond acceptors (Lipinski definition) is 5. The summed E-state index contributed by atoms with van der Waals surface area (Å²) in [5.41, 5.74) is 4.69. The summed E-state index contributed by atoms with van der Waals surface area (Å²) in [5.74, 6) is 0.584. The fourth-order valence-corrected chi connectivity index (χ4v) is 4.08. The van der Waals surface area contributed by atoms with Gasteiger partial charge in [0, 0.05) is 5.69 Å². The predicted octanol–water partition coefficient (Wildman–Crippen LogP) is 4.29. The Hall–Kier alpha value is -3.52. The lowest BCUT2D eigenvalue weighted by molar-refractivity contribution is -0.122. The highest BCUT2D eigenvalue weighted by Crippen LogP contribution is 2.24. The number of amides is 2. The summed E-state index contributed by atoms with van der Waals surface area (Å²) < 4.78 is 7.09. The number of carbonyl (C=O) groups excluding carboxylic acids is 2. The van der Waals surface area contributed by atoms with E-state index in [0.29, 0.717) is 17.5 Å². The lowest BCUT2D eigenvalue weighted by Crippen LogP contribution is -2.27. The maximum absolute atomic E-state index is 12.6. The molecule has 164 valence electrons. The number of hydrogen-bond donors (Lipinski definition) is 2. The Kier molecular flexibility index (Phi) is 6.61. The maximum Gasteiger partial charge on any atom is 0.240 e. The molecule has 4 rings (SSSR count). The van der Waals surface area contributed by atoms with E-state index in [1.807, 2.05) is 66.9 Å². The number of thioether (sulfide) groups is 1. The number of rotatable bonds is 8. The zero-order chi connectivity index (χ0) is 22.5. The number of para-hydroxylation sites is 2. The molecule has 4 aromatic rings. The summed E-state index contributed by atoms with van der Waals surface area (Å²) in [6.07, 6.45) is 1.57. The SMILES string of the molecule is Cc1ccc(NC(=O)CSc2nc3ccccc3n2CC(=O)NCc2ccco2)cc1C. The van der Waals surface area contributed by atoms with Gasteiger partial charge in [-0.25, -0.2) is 4.98 Å².